The molecule has 20 heavy (non-hydrogen) atoms. The quantitative estimate of drug-likeness (QED) is 0.872. The first-order valence-electron chi connectivity index (χ1n) is 7.07. The molecular weight excluding hydrogens is 274 g/mol. The highest BCUT2D eigenvalue weighted by Gasteiger charge is 2.40. The van der Waals surface area contributed by atoms with E-state index >= 15 is 0 Å². The number of hydrogen-bond donors (Lipinski definition) is 1. The third kappa shape index (κ3) is 3.03. The third-order valence-electron chi connectivity index (χ3n) is 4.08. The molecular formula is C14H21N3O2S. The first-order valence-corrected chi connectivity index (χ1v) is 7.95. The average Bonchev–Trinajstić information content (AvgIpc) is 3.08. The number of fused-ring (bicyclic) bond motifs is 1. The van der Waals surface area contributed by atoms with Gasteiger partial charge in [0, 0.05) is 38.1 Å². The van der Waals surface area contributed by atoms with E-state index in [1.165, 1.54) is 4.88 Å². The van der Waals surface area contributed by atoms with Crippen molar-refractivity contribution in [2.24, 2.45) is 0 Å². The van der Waals surface area contributed by atoms with Gasteiger partial charge in [0.15, 0.2) is 0 Å². The van der Waals surface area contributed by atoms with Gasteiger partial charge >= 0.3 is 0 Å². The Morgan fingerprint density at radius 1 is 1.55 bits per heavy atom. The Labute approximate surface area is 123 Å². The summed E-state index contributed by atoms with van der Waals surface area (Å²) >= 11 is 1.80. The Kier molecular flexibility index (Phi) is 4.35. The summed E-state index contributed by atoms with van der Waals surface area (Å²) in [6, 6.07) is 4.62. The van der Waals surface area contributed by atoms with Crippen LogP contribution in [0.5, 0.6) is 0 Å². The largest absolute Gasteiger partial charge is 0.374 e. The van der Waals surface area contributed by atoms with Crippen molar-refractivity contribution in [3.05, 3.63) is 22.4 Å². The number of carbonyl (C=O) groups is 1. The molecule has 0 spiro atoms. The van der Waals surface area contributed by atoms with E-state index in [0.29, 0.717) is 12.6 Å². The molecule has 0 bridgehead atoms. The molecule has 2 atom stereocenters. The molecule has 1 aromatic heterocycles. The van der Waals surface area contributed by atoms with E-state index < -0.39 is 0 Å². The Balaban J connectivity index is 1.61. The van der Waals surface area contributed by atoms with Gasteiger partial charge in [0.1, 0.15) is 0 Å². The number of likely N-dealkylation sites (tertiary alicyclic amines) is 1. The van der Waals surface area contributed by atoms with Gasteiger partial charge in [-0.25, -0.2) is 0 Å². The lowest BCUT2D eigenvalue weighted by Gasteiger charge is -2.36. The number of rotatable bonds is 4. The number of morpholine rings is 1. The number of nitrogens with zero attached hydrogens (tertiary/aromatic N) is 2. The number of ether oxygens (including phenoxy) is 1. The molecule has 2 aliphatic heterocycles. The molecule has 0 radical (unpaired) electrons. The molecule has 0 aliphatic carbocycles. The van der Waals surface area contributed by atoms with E-state index in [-0.39, 0.29) is 12.0 Å². The van der Waals surface area contributed by atoms with Crippen LogP contribution in [-0.2, 0) is 16.1 Å². The van der Waals surface area contributed by atoms with Crippen LogP contribution in [-0.4, -0.2) is 67.7 Å². The topological polar surface area (TPSA) is 44.8 Å². The van der Waals surface area contributed by atoms with E-state index in [4.69, 9.17) is 4.74 Å². The van der Waals surface area contributed by atoms with E-state index in [0.717, 1.165) is 32.8 Å². The lowest BCUT2D eigenvalue weighted by atomic mass is 10.1. The second-order valence-electron chi connectivity index (χ2n) is 5.39. The predicted octanol–water partition coefficient (Wildman–Crippen LogP) is 0.379. The van der Waals surface area contributed by atoms with Crippen molar-refractivity contribution >= 4 is 17.2 Å². The average molecular weight is 295 g/mol. The fraction of sp³-hybridized carbons (Fsp3) is 0.643. The highest BCUT2D eigenvalue weighted by Crippen LogP contribution is 2.25. The van der Waals surface area contributed by atoms with Crippen LogP contribution in [0.15, 0.2) is 17.5 Å². The first kappa shape index (κ1) is 14.0. The van der Waals surface area contributed by atoms with Crippen LogP contribution in [0, 0.1) is 0 Å². The van der Waals surface area contributed by atoms with Crippen molar-refractivity contribution in [3.63, 3.8) is 0 Å². The maximum atomic E-state index is 11.6. The van der Waals surface area contributed by atoms with Gasteiger partial charge in [0.25, 0.3) is 0 Å². The Morgan fingerprint density at radius 3 is 3.20 bits per heavy atom. The molecule has 1 N–H and O–H groups in total. The normalized spacial score (nSPS) is 27.4. The molecule has 3 heterocycles. The van der Waals surface area contributed by atoms with Crippen LogP contribution in [0.4, 0.5) is 0 Å². The number of likely N-dealkylation sites (N-methyl/N-ethyl adjacent to an activating group) is 1. The molecule has 3 rings (SSSR count). The highest BCUT2D eigenvalue weighted by atomic mass is 32.1. The van der Waals surface area contributed by atoms with E-state index in [1.54, 1.807) is 18.4 Å². The fourth-order valence-electron chi connectivity index (χ4n) is 3.05. The predicted molar refractivity (Wildman–Crippen MR) is 78.8 cm³/mol. The summed E-state index contributed by atoms with van der Waals surface area (Å²) in [5.41, 5.74) is 0. The smallest absolute Gasteiger partial charge is 0.233 e. The zero-order valence-corrected chi connectivity index (χ0v) is 12.6. The number of amides is 1. The maximum Gasteiger partial charge on any atom is 0.233 e. The van der Waals surface area contributed by atoms with Gasteiger partial charge in [0.05, 0.1) is 25.3 Å². The van der Waals surface area contributed by atoms with E-state index in [2.05, 4.69) is 32.6 Å². The lowest BCUT2D eigenvalue weighted by Crippen LogP contribution is -2.53. The van der Waals surface area contributed by atoms with Gasteiger partial charge in [-0.15, -0.1) is 11.3 Å². The van der Waals surface area contributed by atoms with Crippen LogP contribution < -0.4 is 5.32 Å². The standard InChI is InChI=1S/C14H21N3O2S/c1-15-14(18)10-17-4-5-19-13-9-16(8-12(13)17)7-11-3-2-6-20-11/h2-3,6,12-13H,4-5,7-10H2,1H3,(H,15,18)/t12-,13+/m0/s1. The summed E-state index contributed by atoms with van der Waals surface area (Å²) in [6.45, 7) is 4.99. The lowest BCUT2D eigenvalue weighted by molar-refractivity contribution is -0.125. The summed E-state index contributed by atoms with van der Waals surface area (Å²) in [5.74, 6) is 0.0855. The summed E-state index contributed by atoms with van der Waals surface area (Å²) in [4.78, 5) is 17.7. The van der Waals surface area contributed by atoms with Gasteiger partial charge in [-0.05, 0) is 11.4 Å². The van der Waals surface area contributed by atoms with Crippen LogP contribution in [0.25, 0.3) is 0 Å². The molecule has 2 saturated heterocycles. The summed E-state index contributed by atoms with van der Waals surface area (Å²) in [6.07, 6.45) is 0.244. The van der Waals surface area contributed by atoms with Gasteiger partial charge in [0.2, 0.25) is 5.91 Å². The summed E-state index contributed by atoms with van der Waals surface area (Å²) in [7, 11) is 1.69. The Morgan fingerprint density at radius 2 is 2.45 bits per heavy atom. The van der Waals surface area contributed by atoms with Crippen LogP contribution in [0.2, 0.25) is 0 Å². The van der Waals surface area contributed by atoms with Crippen molar-refractivity contribution in [1.82, 2.24) is 15.1 Å². The molecule has 2 aliphatic rings. The first-order chi connectivity index (χ1) is 9.76. The van der Waals surface area contributed by atoms with E-state index in [9.17, 15) is 4.79 Å². The molecule has 0 saturated carbocycles. The Hall–Kier alpha value is -0.950. The molecule has 1 aromatic rings. The molecule has 2 fully saturated rings. The number of thiophene rings is 1. The second-order valence-corrected chi connectivity index (χ2v) is 6.43. The van der Waals surface area contributed by atoms with Gasteiger partial charge in [-0.3, -0.25) is 14.6 Å². The van der Waals surface area contributed by atoms with Crippen LogP contribution >= 0.6 is 11.3 Å². The fourth-order valence-corrected chi connectivity index (χ4v) is 3.79. The van der Waals surface area contributed by atoms with E-state index in [1.807, 2.05) is 0 Å². The zero-order chi connectivity index (χ0) is 13.9. The minimum Gasteiger partial charge on any atom is -0.374 e. The van der Waals surface area contributed by atoms with Crippen LogP contribution in [0.1, 0.15) is 4.88 Å². The highest BCUT2D eigenvalue weighted by molar-refractivity contribution is 7.09. The Bertz CT molecular complexity index is 451. The second kappa shape index (κ2) is 6.22. The number of nitrogens with one attached hydrogen (secondary N) is 1. The molecule has 0 unspecified atom stereocenters. The molecule has 6 heteroatoms. The van der Waals surface area contributed by atoms with Gasteiger partial charge in [-0.2, -0.15) is 0 Å². The summed E-state index contributed by atoms with van der Waals surface area (Å²) < 4.78 is 5.89. The summed E-state index contributed by atoms with van der Waals surface area (Å²) in [5, 5.41) is 4.82. The van der Waals surface area contributed by atoms with Crippen molar-refractivity contribution in [2.45, 2.75) is 18.7 Å². The zero-order valence-electron chi connectivity index (χ0n) is 11.7. The molecule has 0 aromatic carbocycles. The minimum absolute atomic E-state index is 0.0855. The maximum absolute atomic E-state index is 11.6. The van der Waals surface area contributed by atoms with Crippen molar-refractivity contribution < 1.29 is 9.53 Å². The minimum atomic E-state index is 0.0855. The SMILES string of the molecule is CNC(=O)CN1CCO[C@@H]2CN(Cc3cccs3)C[C@@H]21. The monoisotopic (exact) mass is 295 g/mol. The third-order valence-corrected chi connectivity index (χ3v) is 4.94. The van der Waals surface area contributed by atoms with Crippen molar-refractivity contribution in [3.8, 4) is 0 Å². The molecule has 1 amide bonds. The number of carbonyl (C=O) groups excluding carboxylic acids is 1. The van der Waals surface area contributed by atoms with Crippen LogP contribution in [0.3, 0.4) is 0 Å². The van der Waals surface area contributed by atoms with Gasteiger partial charge < -0.3 is 10.1 Å². The number of hydrogen-bond acceptors (Lipinski definition) is 5. The van der Waals surface area contributed by atoms with Crippen molar-refractivity contribution in [1.29, 1.82) is 0 Å². The van der Waals surface area contributed by atoms with Gasteiger partial charge in [-0.1, -0.05) is 6.07 Å². The van der Waals surface area contributed by atoms with Crippen molar-refractivity contribution in [2.75, 3.05) is 39.8 Å². The molecule has 5 nitrogen and oxygen atoms in total. The molecule has 110 valence electrons.